The van der Waals surface area contributed by atoms with Crippen molar-refractivity contribution >= 4 is 27.5 Å². The summed E-state index contributed by atoms with van der Waals surface area (Å²) in [5, 5.41) is 3.52. The van der Waals surface area contributed by atoms with Crippen molar-refractivity contribution in [1.82, 2.24) is 19.5 Å². The number of hydrogen-bond acceptors (Lipinski definition) is 8. The third-order valence-electron chi connectivity index (χ3n) is 11.7. The Balaban J connectivity index is 1.32. The van der Waals surface area contributed by atoms with Gasteiger partial charge < -0.3 is 14.4 Å². The van der Waals surface area contributed by atoms with Crippen LogP contribution in [0.25, 0.3) is 0 Å². The normalized spacial score (nSPS) is 31.3. The van der Waals surface area contributed by atoms with Crippen molar-refractivity contribution in [2.24, 2.45) is 22.1 Å². The Morgan fingerprint density at radius 1 is 1.20 bits per heavy atom. The fraction of sp³-hybridized carbons (Fsp3) is 0.538. The molecule has 1 saturated carbocycles. The summed E-state index contributed by atoms with van der Waals surface area (Å²) in [5.74, 6) is 0.374. The summed E-state index contributed by atoms with van der Waals surface area (Å²) >= 11 is 0. The second kappa shape index (κ2) is 14.2. The Hall–Kier alpha value is -4.03. The molecule has 0 saturated heterocycles. The molecule has 2 aliphatic carbocycles. The number of anilines is 1. The summed E-state index contributed by atoms with van der Waals surface area (Å²) in [6, 6.07) is 10.2. The number of amides is 2. The smallest absolute Gasteiger partial charge is 0.305 e. The van der Waals surface area contributed by atoms with E-state index >= 15 is 0 Å². The van der Waals surface area contributed by atoms with Crippen molar-refractivity contribution in [3.05, 3.63) is 82.8 Å². The number of pyridine rings is 1. The minimum Gasteiger partial charge on any atom is -0.489 e. The van der Waals surface area contributed by atoms with Crippen molar-refractivity contribution in [2.45, 2.75) is 89.5 Å². The van der Waals surface area contributed by atoms with Crippen LogP contribution in [-0.2, 0) is 33.0 Å². The fourth-order valence-electron chi connectivity index (χ4n) is 8.34. The van der Waals surface area contributed by atoms with Crippen molar-refractivity contribution in [3.8, 4) is 5.75 Å². The van der Waals surface area contributed by atoms with Gasteiger partial charge in [0, 0.05) is 38.4 Å². The van der Waals surface area contributed by atoms with E-state index in [9.17, 15) is 13.8 Å². The molecule has 1 N–H and O–H groups in total. The highest BCUT2D eigenvalue weighted by atomic mass is 32.2. The van der Waals surface area contributed by atoms with Gasteiger partial charge in [0.05, 0.1) is 29.7 Å². The Bertz CT molecular complexity index is 1970. The quantitative estimate of drug-likeness (QED) is 0.324. The van der Waals surface area contributed by atoms with E-state index in [1.807, 2.05) is 13.8 Å². The van der Waals surface area contributed by atoms with E-state index in [0.29, 0.717) is 49.5 Å². The van der Waals surface area contributed by atoms with Gasteiger partial charge in [-0.2, -0.15) is 5.10 Å². The predicted octanol–water partition coefficient (Wildman–Crippen LogP) is 6.06. The molecule has 2 aromatic heterocycles. The van der Waals surface area contributed by atoms with Crippen LogP contribution in [0.3, 0.4) is 0 Å². The van der Waals surface area contributed by atoms with Crippen LogP contribution < -0.4 is 14.4 Å². The van der Waals surface area contributed by atoms with E-state index in [-0.39, 0.29) is 28.7 Å². The second-order valence-corrected chi connectivity index (χ2v) is 17.3. The van der Waals surface area contributed by atoms with Gasteiger partial charge in [0.1, 0.15) is 15.6 Å². The molecular weight excluding hydrogens is 665 g/mol. The topological polar surface area (TPSA) is 128 Å². The third kappa shape index (κ3) is 6.84. The Morgan fingerprint density at radius 2 is 2.04 bits per heavy atom. The number of rotatable bonds is 4. The highest BCUT2D eigenvalue weighted by Gasteiger charge is 2.45. The number of methoxy groups -OCH3 is 1. The number of hydrogen-bond donors (Lipinski definition) is 1. The SMILES string of the molecule is CCn1cc(C(=O)NS2(=O)=NC(=O)c3ccc4c(n3)N(CC3CCC3C(OC)/C=C/CC(C)C2C)CC2(CCCc3cc(C)ccc32)CO4)cn1. The largest absolute Gasteiger partial charge is 0.489 e. The first-order chi connectivity index (χ1) is 24.5. The number of carbonyl (C=O) groups excluding carboxylic acids is 2. The second-order valence-electron chi connectivity index (χ2n) is 15.0. The number of benzene rings is 1. The molecule has 4 aliphatic rings. The maximum Gasteiger partial charge on any atom is 0.305 e. The zero-order valence-electron chi connectivity index (χ0n) is 30.3. The number of fused-ring (bicyclic) bond motifs is 4. The van der Waals surface area contributed by atoms with Gasteiger partial charge in [-0.25, -0.2) is 9.19 Å². The molecule has 272 valence electrons. The molecule has 7 unspecified atom stereocenters. The molecule has 1 aromatic carbocycles. The fourth-order valence-corrected chi connectivity index (χ4v) is 10.2. The van der Waals surface area contributed by atoms with Crippen LogP contribution in [0.4, 0.5) is 5.82 Å². The van der Waals surface area contributed by atoms with E-state index in [1.165, 1.54) is 22.9 Å². The Morgan fingerprint density at radius 3 is 2.78 bits per heavy atom. The summed E-state index contributed by atoms with van der Waals surface area (Å²) in [5.41, 5.74) is 4.03. The number of ether oxygens (including phenoxy) is 2. The Kier molecular flexibility index (Phi) is 9.84. The summed E-state index contributed by atoms with van der Waals surface area (Å²) in [6.07, 6.45) is 13.0. The molecule has 0 radical (unpaired) electrons. The number of carbonyl (C=O) groups is 2. The number of aryl methyl sites for hydroxylation is 3. The van der Waals surface area contributed by atoms with Crippen LogP contribution in [0, 0.1) is 24.7 Å². The summed E-state index contributed by atoms with van der Waals surface area (Å²) in [6.45, 7) is 10.3. The van der Waals surface area contributed by atoms with E-state index in [4.69, 9.17) is 14.5 Å². The first-order valence-electron chi connectivity index (χ1n) is 18.4. The molecule has 7 rings (SSSR count). The molecule has 12 heteroatoms. The molecule has 51 heavy (non-hydrogen) atoms. The highest BCUT2D eigenvalue weighted by molar-refractivity contribution is 7.93. The summed E-state index contributed by atoms with van der Waals surface area (Å²) in [4.78, 5) is 34.8. The summed E-state index contributed by atoms with van der Waals surface area (Å²) < 4.78 is 36.1. The average Bonchev–Trinajstić information content (AvgIpc) is 3.55. The first-order valence-corrected chi connectivity index (χ1v) is 19.9. The molecule has 11 nitrogen and oxygen atoms in total. The number of allylic oxidation sites excluding steroid dienone is 1. The molecular formula is C39H50N6O5S. The standard InChI is InChI=1S/C39H50N6O5S/c1-6-45-22-30(20-40-45)37(46)42-51(48)27(4)26(3)9-7-11-34(49-5)31-14-13-29(31)21-44-23-39(18-8-10-28-19-25(2)12-15-32(28)39)24-50-35-17-16-33(38(47)43-51)41-36(35)44/h7,11-12,15-17,19-20,22,26-27,29,31,34H,6,8-10,13-14,18,21,23-24H2,1-5H3,(H,42,43,46,47,48)/b11-7+. The van der Waals surface area contributed by atoms with Gasteiger partial charge in [-0.15, -0.1) is 4.36 Å². The monoisotopic (exact) mass is 714 g/mol. The summed E-state index contributed by atoms with van der Waals surface area (Å²) in [7, 11) is -1.86. The van der Waals surface area contributed by atoms with Gasteiger partial charge in [-0.1, -0.05) is 42.8 Å². The maximum absolute atomic E-state index is 14.8. The van der Waals surface area contributed by atoms with Gasteiger partial charge in [0.15, 0.2) is 11.6 Å². The zero-order chi connectivity index (χ0) is 35.9. The lowest BCUT2D eigenvalue weighted by atomic mass is 9.68. The third-order valence-corrected chi connectivity index (χ3v) is 14.1. The van der Waals surface area contributed by atoms with Gasteiger partial charge in [-0.05, 0) is 100 Å². The zero-order valence-corrected chi connectivity index (χ0v) is 31.2. The van der Waals surface area contributed by atoms with Crippen molar-refractivity contribution in [2.75, 3.05) is 31.7 Å². The van der Waals surface area contributed by atoms with Crippen LogP contribution >= 0.6 is 0 Å². The number of aromatic nitrogens is 3. The van der Waals surface area contributed by atoms with E-state index < -0.39 is 27.0 Å². The van der Waals surface area contributed by atoms with E-state index in [2.05, 4.69) is 56.4 Å². The van der Waals surface area contributed by atoms with Crippen LogP contribution in [0.2, 0.25) is 0 Å². The Labute approximate surface area is 301 Å². The minimum absolute atomic E-state index is 0.0607. The molecule has 2 aliphatic heterocycles. The first kappa shape index (κ1) is 35.4. The lowest BCUT2D eigenvalue weighted by molar-refractivity contribution is 0.0131. The molecule has 1 spiro atoms. The minimum atomic E-state index is -3.63. The number of nitrogens with zero attached hydrogens (tertiary/aromatic N) is 5. The maximum atomic E-state index is 14.8. The van der Waals surface area contributed by atoms with Gasteiger partial charge in [0.25, 0.3) is 5.91 Å². The lowest BCUT2D eigenvalue weighted by Crippen LogP contribution is -2.49. The van der Waals surface area contributed by atoms with Crippen LogP contribution in [0.5, 0.6) is 5.75 Å². The molecule has 4 heterocycles. The van der Waals surface area contributed by atoms with Crippen molar-refractivity contribution in [1.29, 1.82) is 0 Å². The van der Waals surface area contributed by atoms with Crippen LogP contribution in [0.1, 0.15) is 90.4 Å². The number of nitrogens with one attached hydrogen (secondary N) is 1. The predicted molar refractivity (Wildman–Crippen MR) is 197 cm³/mol. The van der Waals surface area contributed by atoms with E-state index in [1.54, 1.807) is 37.0 Å². The molecule has 7 atom stereocenters. The van der Waals surface area contributed by atoms with Crippen LogP contribution in [-0.4, -0.2) is 68.9 Å². The van der Waals surface area contributed by atoms with Gasteiger partial charge >= 0.3 is 5.91 Å². The highest BCUT2D eigenvalue weighted by Crippen LogP contribution is 2.46. The molecule has 2 amide bonds. The van der Waals surface area contributed by atoms with E-state index in [0.717, 1.165) is 38.6 Å². The lowest BCUT2D eigenvalue weighted by Gasteiger charge is -2.45. The molecule has 2 bridgehead atoms. The molecule has 1 fully saturated rings. The van der Waals surface area contributed by atoms with Gasteiger partial charge in [0.2, 0.25) is 0 Å². The van der Waals surface area contributed by atoms with Crippen LogP contribution in [0.15, 0.2) is 59.2 Å². The van der Waals surface area contributed by atoms with Crippen molar-refractivity contribution < 1.29 is 23.3 Å². The molecule has 3 aromatic rings. The van der Waals surface area contributed by atoms with Gasteiger partial charge in [-0.3, -0.25) is 19.0 Å². The average molecular weight is 715 g/mol. The van der Waals surface area contributed by atoms with Crippen molar-refractivity contribution in [3.63, 3.8) is 0 Å².